The van der Waals surface area contributed by atoms with Crippen LogP contribution in [0.2, 0.25) is 0 Å². The van der Waals surface area contributed by atoms with Crippen molar-refractivity contribution in [2.75, 3.05) is 7.11 Å². The van der Waals surface area contributed by atoms with Crippen LogP contribution in [0.25, 0.3) is 16.9 Å². The zero-order chi connectivity index (χ0) is 15.9. The van der Waals surface area contributed by atoms with Gasteiger partial charge >= 0.3 is 0 Å². The average molecular weight is 297 g/mol. The largest absolute Gasteiger partial charge is 0.497 e. The predicted octanol–water partition coefficient (Wildman–Crippen LogP) is 3.41. The number of hydrogen-bond donors (Lipinski definition) is 1. The van der Waals surface area contributed by atoms with E-state index in [2.05, 4.69) is 9.97 Å². The lowest BCUT2D eigenvalue weighted by molar-refractivity contribution is 0.415. The molecule has 0 atom stereocenters. The van der Waals surface area contributed by atoms with Gasteiger partial charge < -0.3 is 9.84 Å². The molecule has 0 spiro atoms. The molecule has 0 saturated heterocycles. The van der Waals surface area contributed by atoms with Crippen molar-refractivity contribution >= 4 is 5.65 Å². The predicted molar refractivity (Wildman–Crippen MR) is 85.3 cm³/mol. The van der Waals surface area contributed by atoms with Gasteiger partial charge in [-0.2, -0.15) is 0 Å². The van der Waals surface area contributed by atoms with Crippen LogP contribution in [-0.2, 0) is 5.41 Å². The number of aromatic nitrogens is 3. The van der Waals surface area contributed by atoms with Crippen LogP contribution in [0.15, 0.2) is 36.7 Å². The van der Waals surface area contributed by atoms with Crippen LogP contribution in [0, 0.1) is 0 Å². The van der Waals surface area contributed by atoms with E-state index in [-0.39, 0.29) is 11.3 Å². The molecule has 2 heterocycles. The van der Waals surface area contributed by atoms with Crippen molar-refractivity contribution < 1.29 is 9.84 Å². The summed E-state index contributed by atoms with van der Waals surface area (Å²) >= 11 is 0. The molecule has 0 unspecified atom stereocenters. The van der Waals surface area contributed by atoms with Gasteiger partial charge in [0.2, 0.25) is 5.88 Å². The lowest BCUT2D eigenvalue weighted by atomic mass is 9.92. The van der Waals surface area contributed by atoms with E-state index in [4.69, 9.17) is 4.74 Å². The Balaban J connectivity index is 2.11. The maximum Gasteiger partial charge on any atom is 0.219 e. The maximum absolute atomic E-state index is 10.4. The minimum Gasteiger partial charge on any atom is -0.497 e. The molecular formula is C17H19N3O2. The van der Waals surface area contributed by atoms with E-state index < -0.39 is 0 Å². The summed E-state index contributed by atoms with van der Waals surface area (Å²) < 4.78 is 6.83. The summed E-state index contributed by atoms with van der Waals surface area (Å²) in [7, 11) is 1.64. The molecule has 5 nitrogen and oxygen atoms in total. The molecule has 3 aromatic rings. The number of ether oxygens (including phenoxy) is 1. The molecule has 0 amide bonds. The number of aromatic hydroxyl groups is 1. The fraction of sp³-hybridized carbons (Fsp3) is 0.294. The van der Waals surface area contributed by atoms with Crippen molar-refractivity contribution in [3.8, 4) is 22.9 Å². The Kier molecular flexibility index (Phi) is 3.28. The lowest BCUT2D eigenvalue weighted by Gasteiger charge is -2.14. The van der Waals surface area contributed by atoms with Gasteiger partial charge in [0.05, 0.1) is 19.0 Å². The fourth-order valence-corrected chi connectivity index (χ4v) is 2.36. The quantitative estimate of drug-likeness (QED) is 0.787. The highest BCUT2D eigenvalue weighted by Crippen LogP contribution is 2.31. The van der Waals surface area contributed by atoms with Crippen LogP contribution in [0.5, 0.6) is 11.6 Å². The van der Waals surface area contributed by atoms with Gasteiger partial charge in [-0.25, -0.2) is 4.98 Å². The highest BCUT2D eigenvalue weighted by atomic mass is 16.5. The Labute approximate surface area is 129 Å². The van der Waals surface area contributed by atoms with Gasteiger partial charge in [-0.1, -0.05) is 20.8 Å². The monoisotopic (exact) mass is 297 g/mol. The third kappa shape index (κ3) is 2.39. The number of imidazole rings is 1. The van der Waals surface area contributed by atoms with Gasteiger partial charge in [0.15, 0.2) is 5.65 Å². The van der Waals surface area contributed by atoms with E-state index in [9.17, 15) is 5.11 Å². The minimum atomic E-state index is -0.226. The Morgan fingerprint density at radius 2 is 1.82 bits per heavy atom. The zero-order valence-electron chi connectivity index (χ0n) is 13.2. The van der Waals surface area contributed by atoms with Crippen molar-refractivity contribution in [2.24, 2.45) is 0 Å². The summed E-state index contributed by atoms with van der Waals surface area (Å²) in [6.07, 6.45) is 3.48. The molecule has 0 aliphatic carbocycles. The summed E-state index contributed by atoms with van der Waals surface area (Å²) in [6, 6.07) is 7.64. The Hall–Kier alpha value is -2.56. The van der Waals surface area contributed by atoms with Crippen LogP contribution in [0.1, 0.15) is 26.5 Å². The molecule has 114 valence electrons. The van der Waals surface area contributed by atoms with Crippen molar-refractivity contribution in [3.05, 3.63) is 42.4 Å². The molecule has 22 heavy (non-hydrogen) atoms. The molecule has 0 aliphatic heterocycles. The molecule has 1 aromatic carbocycles. The summed E-state index contributed by atoms with van der Waals surface area (Å²) in [5.41, 5.74) is 2.80. The van der Waals surface area contributed by atoms with Crippen LogP contribution < -0.4 is 4.74 Å². The van der Waals surface area contributed by atoms with Crippen LogP contribution in [0.3, 0.4) is 0 Å². The molecule has 1 N–H and O–H groups in total. The standard InChI is InChI=1S/C17H19N3O2/c1-17(2,3)15-16(21)20-10-13(18-9-14(20)19-15)11-5-7-12(22-4)8-6-11/h5-10,21H,1-4H3. The Morgan fingerprint density at radius 3 is 2.41 bits per heavy atom. The van der Waals surface area contributed by atoms with E-state index in [1.54, 1.807) is 23.9 Å². The third-order valence-corrected chi connectivity index (χ3v) is 3.58. The van der Waals surface area contributed by atoms with Crippen LogP contribution >= 0.6 is 0 Å². The first-order chi connectivity index (χ1) is 10.4. The summed E-state index contributed by atoms with van der Waals surface area (Å²) in [4.78, 5) is 8.91. The van der Waals surface area contributed by atoms with E-state index in [0.29, 0.717) is 11.3 Å². The van der Waals surface area contributed by atoms with Gasteiger partial charge in [-0.05, 0) is 24.3 Å². The first kappa shape index (κ1) is 14.4. The van der Waals surface area contributed by atoms with Gasteiger partial charge in [-0.15, -0.1) is 0 Å². The molecule has 0 aliphatic rings. The second kappa shape index (κ2) is 5.02. The Bertz CT molecular complexity index is 814. The normalized spacial score (nSPS) is 11.8. The summed E-state index contributed by atoms with van der Waals surface area (Å²) in [5.74, 6) is 0.963. The summed E-state index contributed by atoms with van der Waals surface area (Å²) in [6.45, 7) is 6.06. The first-order valence-corrected chi connectivity index (χ1v) is 7.12. The highest BCUT2D eigenvalue weighted by Gasteiger charge is 2.24. The molecule has 3 rings (SSSR count). The first-order valence-electron chi connectivity index (χ1n) is 7.12. The van der Waals surface area contributed by atoms with Gasteiger partial charge in [0.1, 0.15) is 11.4 Å². The molecule has 5 heteroatoms. The van der Waals surface area contributed by atoms with Gasteiger partial charge in [-0.3, -0.25) is 9.38 Å². The molecule has 0 saturated carbocycles. The van der Waals surface area contributed by atoms with E-state index in [1.165, 1.54) is 0 Å². The fourth-order valence-electron chi connectivity index (χ4n) is 2.36. The van der Waals surface area contributed by atoms with Crippen molar-refractivity contribution in [2.45, 2.75) is 26.2 Å². The lowest BCUT2D eigenvalue weighted by Crippen LogP contribution is -2.11. The van der Waals surface area contributed by atoms with Crippen LogP contribution in [-0.4, -0.2) is 26.6 Å². The number of fused-ring (bicyclic) bond motifs is 1. The SMILES string of the molecule is COc1ccc(-c2cn3c(O)c(C(C)(C)C)nc3cn2)cc1. The minimum absolute atomic E-state index is 0.166. The number of methoxy groups -OCH3 is 1. The third-order valence-electron chi connectivity index (χ3n) is 3.58. The van der Waals surface area contributed by atoms with Crippen molar-refractivity contribution in [1.29, 1.82) is 0 Å². The highest BCUT2D eigenvalue weighted by molar-refractivity contribution is 5.61. The topological polar surface area (TPSA) is 59.7 Å². The number of rotatable bonds is 2. The van der Waals surface area contributed by atoms with Crippen molar-refractivity contribution in [1.82, 2.24) is 14.4 Å². The number of nitrogens with zero attached hydrogens (tertiary/aromatic N) is 3. The smallest absolute Gasteiger partial charge is 0.219 e. The van der Waals surface area contributed by atoms with Crippen molar-refractivity contribution in [3.63, 3.8) is 0 Å². The van der Waals surface area contributed by atoms with Crippen LogP contribution in [0.4, 0.5) is 0 Å². The van der Waals surface area contributed by atoms with Gasteiger partial charge in [0, 0.05) is 17.2 Å². The number of hydrogen-bond acceptors (Lipinski definition) is 4. The van der Waals surface area contributed by atoms with E-state index in [1.807, 2.05) is 45.0 Å². The van der Waals surface area contributed by atoms with E-state index >= 15 is 0 Å². The molecule has 0 radical (unpaired) electrons. The second-order valence-electron chi connectivity index (χ2n) is 6.26. The Morgan fingerprint density at radius 1 is 1.14 bits per heavy atom. The molecule has 0 fully saturated rings. The average Bonchev–Trinajstić information content (AvgIpc) is 2.84. The number of benzene rings is 1. The molecule has 2 aromatic heterocycles. The summed E-state index contributed by atoms with van der Waals surface area (Å²) in [5, 5.41) is 10.4. The molecule has 0 bridgehead atoms. The van der Waals surface area contributed by atoms with E-state index in [0.717, 1.165) is 17.0 Å². The van der Waals surface area contributed by atoms with Gasteiger partial charge in [0.25, 0.3) is 0 Å². The zero-order valence-corrected chi connectivity index (χ0v) is 13.2. The maximum atomic E-state index is 10.4. The second-order valence-corrected chi connectivity index (χ2v) is 6.26. The molecular weight excluding hydrogens is 278 g/mol.